The lowest BCUT2D eigenvalue weighted by Crippen LogP contribution is -2.43. The minimum Gasteiger partial charge on any atom is -0.355 e. The van der Waals surface area contributed by atoms with Gasteiger partial charge in [0.1, 0.15) is 6.54 Å². The average Bonchev–Trinajstić information content (AvgIpc) is 2.22. The lowest BCUT2D eigenvalue weighted by Gasteiger charge is -2.17. The summed E-state index contributed by atoms with van der Waals surface area (Å²) in [7, 11) is 1.61. The summed E-state index contributed by atoms with van der Waals surface area (Å²) in [6, 6.07) is -0.205. The van der Waals surface area contributed by atoms with Gasteiger partial charge in [0.05, 0.1) is 0 Å². The topological polar surface area (TPSA) is 61.4 Å². The number of hydrogen-bond donors (Lipinski definition) is 2. The highest BCUT2D eigenvalue weighted by molar-refractivity contribution is 5.83. The second-order valence-electron chi connectivity index (χ2n) is 3.44. The number of nitrogens with one attached hydrogen (secondary N) is 2. The molecule has 88 valence electrons. The first-order chi connectivity index (χ1) is 7.11. The fourth-order valence-corrected chi connectivity index (χ4v) is 0.974. The van der Waals surface area contributed by atoms with Crippen molar-refractivity contribution in [1.29, 1.82) is 0 Å². The van der Waals surface area contributed by atoms with Gasteiger partial charge in [0.2, 0.25) is 5.91 Å². The number of carbonyl (C=O) groups excluding carboxylic acids is 2. The van der Waals surface area contributed by atoms with Crippen LogP contribution in [0.2, 0.25) is 0 Å². The molecule has 0 aromatic heterocycles. The van der Waals surface area contributed by atoms with Crippen LogP contribution in [-0.4, -0.2) is 43.5 Å². The van der Waals surface area contributed by atoms with Gasteiger partial charge in [0.25, 0.3) is 0 Å². The van der Waals surface area contributed by atoms with Crippen LogP contribution in [0.4, 0.5) is 4.79 Å². The molecular weight excluding hydrogens is 194 g/mol. The molecule has 5 nitrogen and oxygen atoms in total. The molecule has 0 aliphatic rings. The molecule has 0 rings (SSSR count). The molecule has 0 heterocycles. The maximum atomic E-state index is 11.3. The van der Waals surface area contributed by atoms with Crippen molar-refractivity contribution in [1.82, 2.24) is 15.5 Å². The van der Waals surface area contributed by atoms with Gasteiger partial charge in [-0.2, -0.15) is 0 Å². The van der Waals surface area contributed by atoms with E-state index in [-0.39, 0.29) is 18.5 Å². The van der Waals surface area contributed by atoms with E-state index in [2.05, 4.69) is 10.6 Å². The number of urea groups is 1. The Labute approximate surface area is 91.2 Å². The summed E-state index contributed by atoms with van der Waals surface area (Å²) in [4.78, 5) is 24.0. The van der Waals surface area contributed by atoms with E-state index in [1.165, 1.54) is 4.90 Å². The van der Waals surface area contributed by atoms with Crippen LogP contribution in [0.15, 0.2) is 0 Å². The molecule has 0 spiro atoms. The second-order valence-corrected chi connectivity index (χ2v) is 3.44. The van der Waals surface area contributed by atoms with Crippen molar-refractivity contribution in [3.05, 3.63) is 0 Å². The number of rotatable bonds is 6. The Kier molecular flexibility index (Phi) is 7.40. The molecule has 0 fully saturated rings. The van der Waals surface area contributed by atoms with Gasteiger partial charge >= 0.3 is 6.03 Å². The third-order valence-electron chi connectivity index (χ3n) is 1.83. The summed E-state index contributed by atoms with van der Waals surface area (Å²) >= 11 is 0. The molecule has 15 heavy (non-hydrogen) atoms. The van der Waals surface area contributed by atoms with Crippen molar-refractivity contribution in [2.75, 3.05) is 26.7 Å². The van der Waals surface area contributed by atoms with Crippen LogP contribution >= 0.6 is 0 Å². The summed E-state index contributed by atoms with van der Waals surface area (Å²) < 4.78 is 0. The quantitative estimate of drug-likeness (QED) is 0.680. The van der Waals surface area contributed by atoms with E-state index in [0.717, 1.165) is 12.8 Å². The first kappa shape index (κ1) is 13.7. The average molecular weight is 215 g/mol. The number of likely N-dealkylation sites (N-methyl/N-ethyl adjacent to an activating group) is 1. The zero-order chi connectivity index (χ0) is 11.7. The Morgan fingerprint density at radius 1 is 1.07 bits per heavy atom. The van der Waals surface area contributed by atoms with Crippen LogP contribution < -0.4 is 10.6 Å². The molecule has 0 saturated carbocycles. The third kappa shape index (κ3) is 6.76. The van der Waals surface area contributed by atoms with Crippen molar-refractivity contribution in [3.8, 4) is 0 Å². The second kappa shape index (κ2) is 8.08. The van der Waals surface area contributed by atoms with Gasteiger partial charge in [-0.1, -0.05) is 13.8 Å². The highest BCUT2D eigenvalue weighted by atomic mass is 16.2. The fourth-order valence-electron chi connectivity index (χ4n) is 0.974. The van der Waals surface area contributed by atoms with Crippen LogP contribution in [0, 0.1) is 0 Å². The zero-order valence-corrected chi connectivity index (χ0v) is 9.80. The lowest BCUT2D eigenvalue weighted by atomic mass is 10.4. The SMILES string of the molecule is CCCNC(=O)CN(C)C(=O)NCCC. The van der Waals surface area contributed by atoms with E-state index in [1.807, 2.05) is 13.8 Å². The van der Waals surface area contributed by atoms with E-state index < -0.39 is 0 Å². The highest BCUT2D eigenvalue weighted by Crippen LogP contribution is 1.85. The first-order valence-electron chi connectivity index (χ1n) is 5.37. The summed E-state index contributed by atoms with van der Waals surface area (Å²) in [6.45, 7) is 5.37. The predicted octanol–water partition coefficient (Wildman–Crippen LogP) is 0.564. The molecule has 0 aliphatic heterocycles. The number of amides is 3. The van der Waals surface area contributed by atoms with E-state index in [1.54, 1.807) is 7.05 Å². The van der Waals surface area contributed by atoms with Crippen molar-refractivity contribution in [2.24, 2.45) is 0 Å². The third-order valence-corrected chi connectivity index (χ3v) is 1.83. The minimum atomic E-state index is -0.205. The first-order valence-corrected chi connectivity index (χ1v) is 5.37. The van der Waals surface area contributed by atoms with Gasteiger partial charge in [-0.25, -0.2) is 4.79 Å². The van der Waals surface area contributed by atoms with Crippen molar-refractivity contribution < 1.29 is 9.59 Å². The highest BCUT2D eigenvalue weighted by Gasteiger charge is 2.10. The van der Waals surface area contributed by atoms with E-state index in [4.69, 9.17) is 0 Å². The molecule has 0 radical (unpaired) electrons. The summed E-state index contributed by atoms with van der Waals surface area (Å²) in [5.41, 5.74) is 0. The van der Waals surface area contributed by atoms with E-state index in [0.29, 0.717) is 13.1 Å². The zero-order valence-electron chi connectivity index (χ0n) is 9.80. The predicted molar refractivity (Wildman–Crippen MR) is 59.6 cm³/mol. The van der Waals surface area contributed by atoms with Crippen LogP contribution in [-0.2, 0) is 4.79 Å². The van der Waals surface area contributed by atoms with Crippen LogP contribution in [0.1, 0.15) is 26.7 Å². The molecule has 0 unspecified atom stereocenters. The molecule has 3 amide bonds. The fraction of sp³-hybridized carbons (Fsp3) is 0.800. The molecule has 2 N–H and O–H groups in total. The van der Waals surface area contributed by atoms with Crippen molar-refractivity contribution in [2.45, 2.75) is 26.7 Å². The number of hydrogen-bond acceptors (Lipinski definition) is 2. The Morgan fingerprint density at radius 2 is 1.60 bits per heavy atom. The molecule has 5 heteroatoms. The number of nitrogens with zero attached hydrogens (tertiary/aromatic N) is 1. The Morgan fingerprint density at radius 3 is 2.13 bits per heavy atom. The van der Waals surface area contributed by atoms with Crippen molar-refractivity contribution in [3.63, 3.8) is 0 Å². The standard InChI is InChI=1S/C10H21N3O2/c1-4-6-11-9(14)8-13(3)10(15)12-7-5-2/h4-8H2,1-3H3,(H,11,14)(H,12,15). The Hall–Kier alpha value is -1.26. The normalized spacial score (nSPS) is 9.53. The van der Waals surface area contributed by atoms with Crippen LogP contribution in [0.3, 0.4) is 0 Å². The van der Waals surface area contributed by atoms with Gasteiger partial charge in [-0.3, -0.25) is 4.79 Å². The smallest absolute Gasteiger partial charge is 0.317 e. The van der Waals surface area contributed by atoms with Gasteiger partial charge in [0.15, 0.2) is 0 Å². The van der Waals surface area contributed by atoms with Crippen LogP contribution in [0.25, 0.3) is 0 Å². The van der Waals surface area contributed by atoms with Gasteiger partial charge in [-0.15, -0.1) is 0 Å². The lowest BCUT2D eigenvalue weighted by molar-refractivity contribution is -0.121. The van der Waals surface area contributed by atoms with Gasteiger partial charge < -0.3 is 15.5 Å². The number of carbonyl (C=O) groups is 2. The monoisotopic (exact) mass is 215 g/mol. The van der Waals surface area contributed by atoms with Crippen LogP contribution in [0.5, 0.6) is 0 Å². The molecule has 0 aliphatic carbocycles. The summed E-state index contributed by atoms with van der Waals surface area (Å²) in [5, 5.41) is 5.41. The maximum absolute atomic E-state index is 11.3. The van der Waals surface area contributed by atoms with E-state index >= 15 is 0 Å². The van der Waals surface area contributed by atoms with Gasteiger partial charge in [-0.05, 0) is 12.8 Å². The van der Waals surface area contributed by atoms with Gasteiger partial charge in [0, 0.05) is 20.1 Å². The molecule has 0 bridgehead atoms. The summed E-state index contributed by atoms with van der Waals surface area (Å²) in [6.07, 6.45) is 1.79. The molecule has 0 saturated heterocycles. The Bertz CT molecular complexity index is 207. The van der Waals surface area contributed by atoms with E-state index in [9.17, 15) is 9.59 Å². The molecule has 0 atom stereocenters. The Balaban J connectivity index is 3.75. The summed E-state index contributed by atoms with van der Waals surface area (Å²) in [5.74, 6) is -0.119. The van der Waals surface area contributed by atoms with Crippen molar-refractivity contribution >= 4 is 11.9 Å². The molecular formula is C10H21N3O2. The maximum Gasteiger partial charge on any atom is 0.317 e. The molecule has 0 aromatic carbocycles. The minimum absolute atomic E-state index is 0.107. The largest absolute Gasteiger partial charge is 0.355 e. The molecule has 0 aromatic rings.